The highest BCUT2D eigenvalue weighted by molar-refractivity contribution is 6.07. The Labute approximate surface area is 151 Å². The van der Waals surface area contributed by atoms with Crippen molar-refractivity contribution in [1.82, 2.24) is 10.2 Å². The minimum atomic E-state index is -4.80. The molecule has 0 radical (unpaired) electrons. The van der Waals surface area contributed by atoms with Crippen LogP contribution in [0.15, 0.2) is 48.5 Å². The third-order valence-electron chi connectivity index (χ3n) is 4.19. The monoisotopic (exact) mass is 382 g/mol. The molecule has 9 heteroatoms. The molecule has 0 aromatic heterocycles. The number of ether oxygens (including phenoxy) is 1. The quantitative estimate of drug-likeness (QED) is 0.648. The molecular formula is C18H14F4N2O3. The summed E-state index contributed by atoms with van der Waals surface area (Å²) in [6.07, 6.45) is -4.80. The number of nitrogens with zero attached hydrogens (tertiary/aromatic N) is 1. The molecule has 142 valence electrons. The van der Waals surface area contributed by atoms with Crippen LogP contribution in [0.4, 0.5) is 22.4 Å². The van der Waals surface area contributed by atoms with E-state index < -0.39 is 35.4 Å². The van der Waals surface area contributed by atoms with Gasteiger partial charge in [0.25, 0.3) is 5.91 Å². The van der Waals surface area contributed by atoms with Crippen molar-refractivity contribution in [1.29, 1.82) is 0 Å². The van der Waals surface area contributed by atoms with Crippen LogP contribution in [0.3, 0.4) is 0 Å². The van der Waals surface area contributed by atoms with E-state index in [-0.39, 0.29) is 6.54 Å². The van der Waals surface area contributed by atoms with E-state index in [1.54, 1.807) is 0 Å². The Morgan fingerprint density at radius 2 is 1.63 bits per heavy atom. The number of nitrogens with one attached hydrogen (secondary N) is 1. The van der Waals surface area contributed by atoms with Gasteiger partial charge >= 0.3 is 12.4 Å². The van der Waals surface area contributed by atoms with Gasteiger partial charge in [0.1, 0.15) is 17.1 Å². The summed E-state index contributed by atoms with van der Waals surface area (Å²) < 4.78 is 53.5. The maximum absolute atomic E-state index is 13.1. The molecule has 1 aliphatic rings. The van der Waals surface area contributed by atoms with Gasteiger partial charge in [-0.05, 0) is 42.3 Å². The van der Waals surface area contributed by atoms with Crippen LogP contribution in [-0.2, 0) is 16.9 Å². The fourth-order valence-electron chi connectivity index (χ4n) is 2.80. The molecule has 1 saturated heterocycles. The zero-order valence-corrected chi connectivity index (χ0v) is 14.0. The second-order valence-electron chi connectivity index (χ2n) is 6.15. The first-order valence-corrected chi connectivity index (χ1v) is 7.83. The normalized spacial score (nSPS) is 20.0. The Balaban J connectivity index is 1.77. The van der Waals surface area contributed by atoms with Crippen LogP contribution in [-0.4, -0.2) is 23.2 Å². The molecule has 0 aliphatic carbocycles. The predicted octanol–water partition coefficient (Wildman–Crippen LogP) is 3.69. The van der Waals surface area contributed by atoms with Crippen molar-refractivity contribution < 1.29 is 31.9 Å². The van der Waals surface area contributed by atoms with Gasteiger partial charge in [0.05, 0.1) is 6.54 Å². The molecule has 1 unspecified atom stereocenters. The molecule has 1 N–H and O–H groups in total. The van der Waals surface area contributed by atoms with Gasteiger partial charge < -0.3 is 10.1 Å². The Bertz CT molecular complexity index is 866. The maximum atomic E-state index is 13.1. The predicted molar refractivity (Wildman–Crippen MR) is 86.0 cm³/mol. The van der Waals surface area contributed by atoms with E-state index in [4.69, 9.17) is 0 Å². The molecule has 0 spiro atoms. The first kappa shape index (κ1) is 18.7. The largest absolute Gasteiger partial charge is 0.573 e. The van der Waals surface area contributed by atoms with Crippen LogP contribution in [0.25, 0.3) is 0 Å². The molecule has 5 nitrogen and oxygen atoms in total. The number of hydrogen-bond donors (Lipinski definition) is 1. The van der Waals surface area contributed by atoms with E-state index in [2.05, 4.69) is 10.1 Å². The number of carbonyl (C=O) groups excluding carboxylic acids is 2. The number of rotatable bonds is 4. The number of amides is 3. The molecule has 1 heterocycles. The summed E-state index contributed by atoms with van der Waals surface area (Å²) in [7, 11) is 0. The van der Waals surface area contributed by atoms with Gasteiger partial charge in [-0.15, -0.1) is 13.2 Å². The fourth-order valence-corrected chi connectivity index (χ4v) is 2.80. The SMILES string of the molecule is CC1(c2ccc(F)cc2)NC(=O)N(Cc2ccc(OC(F)(F)F)cc2)C1=O. The lowest BCUT2D eigenvalue weighted by Gasteiger charge is -2.22. The van der Waals surface area contributed by atoms with Gasteiger partial charge in [-0.3, -0.25) is 9.69 Å². The third-order valence-corrected chi connectivity index (χ3v) is 4.19. The minimum Gasteiger partial charge on any atom is -0.406 e. The number of urea groups is 1. The first-order chi connectivity index (χ1) is 12.6. The van der Waals surface area contributed by atoms with E-state index in [0.29, 0.717) is 11.1 Å². The summed E-state index contributed by atoms with van der Waals surface area (Å²) in [4.78, 5) is 26.0. The van der Waals surface area contributed by atoms with E-state index in [1.165, 1.54) is 43.3 Å². The maximum Gasteiger partial charge on any atom is 0.573 e. The molecular weight excluding hydrogens is 368 g/mol. The molecule has 2 aromatic rings. The molecule has 2 aromatic carbocycles. The number of carbonyl (C=O) groups is 2. The number of alkyl halides is 3. The molecule has 1 fully saturated rings. The molecule has 1 atom stereocenters. The van der Waals surface area contributed by atoms with Crippen LogP contribution < -0.4 is 10.1 Å². The van der Waals surface area contributed by atoms with Crippen molar-refractivity contribution in [2.45, 2.75) is 25.4 Å². The van der Waals surface area contributed by atoms with Crippen LogP contribution in [0, 0.1) is 5.82 Å². The third kappa shape index (κ3) is 3.86. The average Bonchev–Trinajstić information content (AvgIpc) is 2.80. The van der Waals surface area contributed by atoms with Gasteiger partial charge in [-0.2, -0.15) is 0 Å². The molecule has 27 heavy (non-hydrogen) atoms. The van der Waals surface area contributed by atoms with Crippen molar-refractivity contribution in [2.75, 3.05) is 0 Å². The smallest absolute Gasteiger partial charge is 0.406 e. The number of imide groups is 1. The van der Waals surface area contributed by atoms with Crippen molar-refractivity contribution in [3.8, 4) is 5.75 Å². The summed E-state index contributed by atoms with van der Waals surface area (Å²) in [5.41, 5.74) is -0.500. The van der Waals surface area contributed by atoms with E-state index >= 15 is 0 Å². The van der Waals surface area contributed by atoms with Crippen molar-refractivity contribution >= 4 is 11.9 Å². The second-order valence-corrected chi connectivity index (χ2v) is 6.15. The summed E-state index contributed by atoms with van der Waals surface area (Å²) in [6, 6.07) is 9.37. The Morgan fingerprint density at radius 3 is 2.19 bits per heavy atom. The van der Waals surface area contributed by atoms with E-state index in [9.17, 15) is 27.2 Å². The van der Waals surface area contributed by atoms with Crippen molar-refractivity contribution in [3.05, 3.63) is 65.5 Å². The molecule has 3 amide bonds. The summed E-state index contributed by atoms with van der Waals surface area (Å²) in [5.74, 6) is -1.42. The number of hydrogen-bond acceptors (Lipinski definition) is 3. The summed E-state index contributed by atoms with van der Waals surface area (Å²) in [5, 5.41) is 2.57. The van der Waals surface area contributed by atoms with Crippen LogP contribution in [0.5, 0.6) is 5.75 Å². The molecule has 0 saturated carbocycles. The number of halogens is 4. The van der Waals surface area contributed by atoms with Crippen molar-refractivity contribution in [2.24, 2.45) is 0 Å². The van der Waals surface area contributed by atoms with Gasteiger partial charge in [0.2, 0.25) is 0 Å². The van der Waals surface area contributed by atoms with Crippen LogP contribution in [0.1, 0.15) is 18.1 Å². The zero-order chi connectivity index (χ0) is 19.8. The zero-order valence-electron chi connectivity index (χ0n) is 14.0. The van der Waals surface area contributed by atoms with Gasteiger partial charge in [-0.1, -0.05) is 24.3 Å². The summed E-state index contributed by atoms with van der Waals surface area (Å²) >= 11 is 0. The Morgan fingerprint density at radius 1 is 1.04 bits per heavy atom. The molecule has 1 aliphatic heterocycles. The first-order valence-electron chi connectivity index (χ1n) is 7.83. The fraction of sp³-hybridized carbons (Fsp3) is 0.222. The topological polar surface area (TPSA) is 58.6 Å². The summed E-state index contributed by atoms with van der Waals surface area (Å²) in [6.45, 7) is 1.37. The highest BCUT2D eigenvalue weighted by Gasteiger charge is 2.48. The van der Waals surface area contributed by atoms with Crippen LogP contribution in [0.2, 0.25) is 0 Å². The molecule has 3 rings (SSSR count). The highest BCUT2D eigenvalue weighted by Crippen LogP contribution is 2.30. The Hall–Kier alpha value is -3.10. The van der Waals surface area contributed by atoms with Crippen molar-refractivity contribution in [3.63, 3.8) is 0 Å². The number of benzene rings is 2. The van der Waals surface area contributed by atoms with Gasteiger partial charge in [0, 0.05) is 0 Å². The van der Waals surface area contributed by atoms with E-state index in [1.807, 2.05) is 0 Å². The lowest BCUT2D eigenvalue weighted by Crippen LogP contribution is -2.40. The molecule has 0 bridgehead atoms. The lowest BCUT2D eigenvalue weighted by atomic mass is 9.92. The standard InChI is InChI=1S/C18H14F4N2O3/c1-17(12-4-6-13(19)7-5-12)15(25)24(16(26)23-17)10-11-2-8-14(9-3-11)27-18(20,21)22/h2-9H,10H2,1H3,(H,23,26). The highest BCUT2D eigenvalue weighted by atomic mass is 19.4. The second kappa shape index (κ2) is 6.57. The Kier molecular flexibility index (Phi) is 4.54. The van der Waals surface area contributed by atoms with Gasteiger partial charge in [0.15, 0.2) is 0 Å². The van der Waals surface area contributed by atoms with E-state index in [0.717, 1.165) is 17.0 Å². The minimum absolute atomic E-state index is 0.131. The van der Waals surface area contributed by atoms with Gasteiger partial charge in [-0.25, -0.2) is 9.18 Å². The average molecular weight is 382 g/mol. The van der Waals surface area contributed by atoms with Crippen LogP contribution >= 0.6 is 0 Å². The lowest BCUT2D eigenvalue weighted by molar-refractivity contribution is -0.274.